The van der Waals surface area contributed by atoms with E-state index in [1.54, 1.807) is 24.3 Å². The van der Waals surface area contributed by atoms with Crippen LogP contribution in [0.15, 0.2) is 42.5 Å². The fraction of sp³-hybridized carbons (Fsp3) is 0. The lowest BCUT2D eigenvalue weighted by Gasteiger charge is -2.06. The molecule has 0 saturated heterocycles. The van der Waals surface area contributed by atoms with Crippen molar-refractivity contribution in [3.05, 3.63) is 63.9 Å². The summed E-state index contributed by atoms with van der Waals surface area (Å²) in [5, 5.41) is 3.26. The molecular weight excluding hydrogens is 276 g/mol. The number of hydrogen-bond donors (Lipinski definition) is 1. The number of hydrogen-bond acceptors (Lipinski definition) is 1. The van der Waals surface area contributed by atoms with E-state index in [4.69, 9.17) is 23.2 Å². The molecule has 2 aromatic rings. The summed E-state index contributed by atoms with van der Waals surface area (Å²) in [7, 11) is 0. The van der Waals surface area contributed by atoms with Crippen molar-refractivity contribution >= 4 is 34.8 Å². The van der Waals surface area contributed by atoms with Crippen molar-refractivity contribution < 1.29 is 9.18 Å². The second-order valence-corrected chi connectivity index (χ2v) is 4.46. The van der Waals surface area contributed by atoms with Gasteiger partial charge in [0.1, 0.15) is 5.82 Å². The predicted octanol–water partition coefficient (Wildman–Crippen LogP) is 4.38. The van der Waals surface area contributed by atoms with Gasteiger partial charge in [0, 0.05) is 15.6 Å². The Morgan fingerprint density at radius 3 is 2.22 bits per heavy atom. The van der Waals surface area contributed by atoms with Gasteiger partial charge in [-0.1, -0.05) is 23.2 Å². The second kappa shape index (κ2) is 5.38. The lowest BCUT2D eigenvalue weighted by molar-refractivity contribution is 0.102. The molecule has 0 aliphatic rings. The summed E-state index contributed by atoms with van der Waals surface area (Å²) in [5.74, 6) is -0.988. The number of carbonyl (C=O) groups excluding carboxylic acids is 1. The molecule has 5 heteroatoms. The van der Waals surface area contributed by atoms with Gasteiger partial charge in [0.25, 0.3) is 5.91 Å². The van der Waals surface area contributed by atoms with Crippen LogP contribution in [0.1, 0.15) is 10.4 Å². The Balaban J connectivity index is 2.18. The van der Waals surface area contributed by atoms with Crippen LogP contribution in [-0.2, 0) is 0 Å². The van der Waals surface area contributed by atoms with Gasteiger partial charge in [-0.25, -0.2) is 4.39 Å². The maximum Gasteiger partial charge on any atom is 0.255 e. The third-order valence-corrected chi connectivity index (χ3v) is 2.77. The average molecular weight is 284 g/mol. The number of rotatable bonds is 2. The normalized spacial score (nSPS) is 10.2. The first kappa shape index (κ1) is 12.9. The summed E-state index contributed by atoms with van der Waals surface area (Å²) in [5.41, 5.74) is 0.480. The Labute approximate surface area is 113 Å². The monoisotopic (exact) mass is 283 g/mol. The van der Waals surface area contributed by atoms with Crippen LogP contribution < -0.4 is 5.32 Å². The smallest absolute Gasteiger partial charge is 0.255 e. The fourth-order valence-electron chi connectivity index (χ4n) is 1.39. The molecule has 0 fully saturated rings. The van der Waals surface area contributed by atoms with E-state index in [0.29, 0.717) is 10.6 Å². The minimum Gasteiger partial charge on any atom is -0.319 e. The summed E-state index contributed by atoms with van der Waals surface area (Å²) in [6.45, 7) is 0. The van der Waals surface area contributed by atoms with Crippen molar-refractivity contribution in [3.8, 4) is 0 Å². The van der Waals surface area contributed by atoms with Crippen LogP contribution in [0.25, 0.3) is 0 Å². The van der Waals surface area contributed by atoms with Crippen molar-refractivity contribution in [2.75, 3.05) is 5.32 Å². The molecule has 2 aromatic carbocycles. The lowest BCUT2D eigenvalue weighted by Crippen LogP contribution is -2.12. The van der Waals surface area contributed by atoms with Gasteiger partial charge < -0.3 is 5.32 Å². The standard InChI is InChI=1S/C13H8Cl2FNO/c14-9-3-1-8(2-4-9)13(18)17-12-6-5-10(15)7-11(12)16/h1-7H,(H,17,18). The van der Waals surface area contributed by atoms with Crippen molar-refractivity contribution in [1.82, 2.24) is 0 Å². The molecule has 1 N–H and O–H groups in total. The molecule has 18 heavy (non-hydrogen) atoms. The van der Waals surface area contributed by atoms with E-state index >= 15 is 0 Å². The molecule has 0 radical (unpaired) electrons. The molecule has 2 rings (SSSR count). The van der Waals surface area contributed by atoms with Gasteiger partial charge in [-0.2, -0.15) is 0 Å². The highest BCUT2D eigenvalue weighted by Gasteiger charge is 2.09. The highest BCUT2D eigenvalue weighted by atomic mass is 35.5. The molecule has 92 valence electrons. The van der Waals surface area contributed by atoms with Gasteiger partial charge in [-0.3, -0.25) is 4.79 Å². The third kappa shape index (κ3) is 3.00. The zero-order valence-corrected chi connectivity index (χ0v) is 10.6. The molecule has 2 nitrogen and oxygen atoms in total. The van der Waals surface area contributed by atoms with E-state index in [1.165, 1.54) is 12.1 Å². The first-order chi connectivity index (χ1) is 8.56. The number of benzene rings is 2. The molecule has 0 atom stereocenters. The molecular formula is C13H8Cl2FNO. The maximum atomic E-state index is 13.5. The van der Waals surface area contributed by atoms with E-state index in [2.05, 4.69) is 5.32 Å². The zero-order valence-electron chi connectivity index (χ0n) is 9.08. The van der Waals surface area contributed by atoms with Crippen molar-refractivity contribution in [1.29, 1.82) is 0 Å². The lowest BCUT2D eigenvalue weighted by atomic mass is 10.2. The van der Waals surface area contributed by atoms with Crippen LogP contribution in [0, 0.1) is 5.82 Å². The quantitative estimate of drug-likeness (QED) is 0.870. The van der Waals surface area contributed by atoms with Gasteiger partial charge in [0.2, 0.25) is 0 Å². The first-order valence-electron chi connectivity index (χ1n) is 5.08. The summed E-state index contributed by atoms with van der Waals surface area (Å²) in [6.07, 6.45) is 0. The summed E-state index contributed by atoms with van der Waals surface area (Å²) in [6, 6.07) is 10.4. The topological polar surface area (TPSA) is 29.1 Å². The first-order valence-corrected chi connectivity index (χ1v) is 5.84. The van der Waals surface area contributed by atoms with Crippen LogP contribution in [0.2, 0.25) is 10.0 Å². The Morgan fingerprint density at radius 2 is 1.61 bits per heavy atom. The number of anilines is 1. The minimum atomic E-state index is -0.579. The van der Waals surface area contributed by atoms with Crippen LogP contribution in [0.3, 0.4) is 0 Å². The number of halogens is 3. The van der Waals surface area contributed by atoms with E-state index in [9.17, 15) is 9.18 Å². The zero-order chi connectivity index (χ0) is 13.1. The highest BCUT2D eigenvalue weighted by molar-refractivity contribution is 6.31. The largest absolute Gasteiger partial charge is 0.319 e. The van der Waals surface area contributed by atoms with Crippen LogP contribution in [0.4, 0.5) is 10.1 Å². The molecule has 0 saturated carbocycles. The third-order valence-electron chi connectivity index (χ3n) is 2.29. The molecule has 0 aliphatic heterocycles. The molecule has 0 bridgehead atoms. The van der Waals surface area contributed by atoms with Gasteiger partial charge in [-0.05, 0) is 42.5 Å². The number of amides is 1. The van der Waals surface area contributed by atoms with Gasteiger partial charge >= 0.3 is 0 Å². The Morgan fingerprint density at radius 1 is 1.00 bits per heavy atom. The van der Waals surface area contributed by atoms with Crippen molar-refractivity contribution in [2.24, 2.45) is 0 Å². The number of carbonyl (C=O) groups is 1. The molecule has 0 heterocycles. The predicted molar refractivity (Wildman–Crippen MR) is 70.8 cm³/mol. The fourth-order valence-corrected chi connectivity index (χ4v) is 1.67. The van der Waals surface area contributed by atoms with E-state index in [1.807, 2.05) is 0 Å². The highest BCUT2D eigenvalue weighted by Crippen LogP contribution is 2.20. The van der Waals surface area contributed by atoms with Gasteiger partial charge in [0.15, 0.2) is 0 Å². The SMILES string of the molecule is O=C(Nc1ccc(Cl)cc1F)c1ccc(Cl)cc1. The molecule has 1 amide bonds. The average Bonchev–Trinajstić information content (AvgIpc) is 2.33. The molecule has 0 aromatic heterocycles. The summed E-state index contributed by atoms with van der Waals surface area (Å²) < 4.78 is 13.5. The van der Waals surface area contributed by atoms with Crippen molar-refractivity contribution in [3.63, 3.8) is 0 Å². The Kier molecular flexibility index (Phi) is 3.84. The van der Waals surface area contributed by atoms with E-state index in [0.717, 1.165) is 6.07 Å². The Bertz CT molecular complexity index is 584. The minimum absolute atomic E-state index is 0.0827. The molecule has 0 aliphatic carbocycles. The van der Waals surface area contributed by atoms with Gasteiger partial charge in [-0.15, -0.1) is 0 Å². The van der Waals surface area contributed by atoms with Crippen LogP contribution >= 0.6 is 23.2 Å². The van der Waals surface area contributed by atoms with E-state index in [-0.39, 0.29) is 10.7 Å². The summed E-state index contributed by atoms with van der Waals surface area (Å²) in [4.78, 5) is 11.8. The maximum absolute atomic E-state index is 13.5. The van der Waals surface area contributed by atoms with Crippen LogP contribution in [-0.4, -0.2) is 5.91 Å². The van der Waals surface area contributed by atoms with Crippen LogP contribution in [0.5, 0.6) is 0 Å². The molecule has 0 spiro atoms. The van der Waals surface area contributed by atoms with Crippen molar-refractivity contribution in [2.45, 2.75) is 0 Å². The molecule has 0 unspecified atom stereocenters. The van der Waals surface area contributed by atoms with E-state index < -0.39 is 11.7 Å². The number of nitrogens with one attached hydrogen (secondary N) is 1. The second-order valence-electron chi connectivity index (χ2n) is 3.59. The van der Waals surface area contributed by atoms with Gasteiger partial charge in [0.05, 0.1) is 5.69 Å². The summed E-state index contributed by atoms with van der Waals surface area (Å²) >= 11 is 11.3. The Hall–Kier alpha value is -1.58.